The molecular formula is C17H25ClN4O3. The summed E-state index contributed by atoms with van der Waals surface area (Å²) in [6.45, 7) is 4.26. The average Bonchev–Trinajstić information content (AvgIpc) is 3.07. The van der Waals surface area contributed by atoms with Crippen molar-refractivity contribution in [2.75, 3.05) is 52.3 Å². The van der Waals surface area contributed by atoms with E-state index in [1.165, 1.54) is 7.05 Å². The van der Waals surface area contributed by atoms with E-state index in [1.54, 1.807) is 25.3 Å². The molecule has 0 radical (unpaired) electrons. The summed E-state index contributed by atoms with van der Waals surface area (Å²) in [7, 11) is 3.23. The zero-order chi connectivity index (χ0) is 18.2. The molecule has 1 aliphatic heterocycles. The van der Waals surface area contributed by atoms with Gasteiger partial charge in [-0.05, 0) is 37.1 Å². The Labute approximate surface area is 153 Å². The molecule has 1 aromatic carbocycles. The number of urea groups is 1. The number of rotatable bonds is 7. The van der Waals surface area contributed by atoms with Crippen LogP contribution in [-0.4, -0.2) is 63.8 Å². The molecular weight excluding hydrogens is 344 g/mol. The number of methoxy groups -OCH3 is 1. The summed E-state index contributed by atoms with van der Waals surface area (Å²) in [5, 5.41) is 8.48. The number of halogens is 1. The highest BCUT2D eigenvalue weighted by Gasteiger charge is 2.22. The lowest BCUT2D eigenvalue weighted by Gasteiger charge is -2.16. The highest BCUT2D eigenvalue weighted by atomic mass is 35.5. The van der Waals surface area contributed by atoms with Crippen LogP contribution in [0.5, 0.6) is 0 Å². The number of carbonyl (C=O) groups excluding carboxylic acids is 2. The molecule has 1 saturated heterocycles. The molecule has 8 heteroatoms. The maximum atomic E-state index is 12.1. The fourth-order valence-corrected chi connectivity index (χ4v) is 3.03. The molecule has 3 N–H and O–H groups in total. The minimum Gasteiger partial charge on any atom is -0.383 e. The summed E-state index contributed by atoms with van der Waals surface area (Å²) in [4.78, 5) is 26.1. The van der Waals surface area contributed by atoms with Crippen LogP contribution in [0.1, 0.15) is 16.8 Å². The number of benzene rings is 1. The first kappa shape index (κ1) is 19.5. The predicted molar refractivity (Wildman–Crippen MR) is 98.3 cm³/mol. The van der Waals surface area contributed by atoms with Crippen molar-refractivity contribution in [1.82, 2.24) is 15.5 Å². The minimum atomic E-state index is -0.295. The van der Waals surface area contributed by atoms with Gasteiger partial charge in [0.25, 0.3) is 5.91 Å². The molecule has 0 aromatic heterocycles. The lowest BCUT2D eigenvalue weighted by molar-refractivity contribution is 0.0963. The van der Waals surface area contributed by atoms with E-state index in [2.05, 4.69) is 20.9 Å². The number of hydrogen-bond donors (Lipinski definition) is 3. The van der Waals surface area contributed by atoms with E-state index in [-0.39, 0.29) is 11.9 Å². The van der Waals surface area contributed by atoms with Crippen LogP contribution >= 0.6 is 11.6 Å². The van der Waals surface area contributed by atoms with Crippen LogP contribution in [-0.2, 0) is 4.74 Å². The van der Waals surface area contributed by atoms with Gasteiger partial charge in [0.05, 0.1) is 17.2 Å². The van der Waals surface area contributed by atoms with Gasteiger partial charge in [0.15, 0.2) is 0 Å². The second-order valence-corrected chi connectivity index (χ2v) is 6.46. The quantitative estimate of drug-likeness (QED) is 0.685. The summed E-state index contributed by atoms with van der Waals surface area (Å²) >= 11 is 6.00. The number of nitrogens with zero attached hydrogens (tertiary/aromatic N) is 1. The summed E-state index contributed by atoms with van der Waals surface area (Å²) in [6.07, 6.45) is 1.06. The molecule has 0 spiro atoms. The molecule has 0 aliphatic carbocycles. The minimum absolute atomic E-state index is 0.291. The Kier molecular flexibility index (Phi) is 7.49. The van der Waals surface area contributed by atoms with Crippen molar-refractivity contribution in [3.05, 3.63) is 28.8 Å². The standard InChI is InChI=1S/C17H25ClN4O3/c1-19-16(23)14-9-13(3-4-15(14)18)21-17(24)20-10-12-5-6-22(11-12)7-8-25-2/h3-4,9,12H,5-8,10-11H2,1-2H3,(H,19,23)(H2,20,21,24)/t12-/m0/s1. The van der Waals surface area contributed by atoms with Crippen LogP contribution < -0.4 is 16.0 Å². The van der Waals surface area contributed by atoms with Crippen LogP contribution in [0.2, 0.25) is 5.02 Å². The van der Waals surface area contributed by atoms with Crippen LogP contribution in [0.4, 0.5) is 10.5 Å². The Morgan fingerprint density at radius 1 is 1.40 bits per heavy atom. The Morgan fingerprint density at radius 3 is 2.92 bits per heavy atom. The summed E-state index contributed by atoms with van der Waals surface area (Å²) < 4.78 is 5.09. The van der Waals surface area contributed by atoms with E-state index in [4.69, 9.17) is 16.3 Å². The molecule has 0 saturated carbocycles. The molecule has 7 nitrogen and oxygen atoms in total. The maximum absolute atomic E-state index is 12.1. The van der Waals surface area contributed by atoms with Crippen LogP contribution in [0.15, 0.2) is 18.2 Å². The monoisotopic (exact) mass is 368 g/mol. The highest BCUT2D eigenvalue weighted by molar-refractivity contribution is 6.34. The maximum Gasteiger partial charge on any atom is 0.319 e. The van der Waals surface area contributed by atoms with E-state index in [1.807, 2.05) is 0 Å². The number of carbonyl (C=O) groups is 2. The lowest BCUT2D eigenvalue weighted by atomic mass is 10.1. The van der Waals surface area contributed by atoms with Gasteiger partial charge in [0, 0.05) is 39.5 Å². The van der Waals surface area contributed by atoms with E-state index < -0.39 is 0 Å². The van der Waals surface area contributed by atoms with Crippen molar-refractivity contribution >= 4 is 29.2 Å². The first-order chi connectivity index (χ1) is 12.0. The van der Waals surface area contributed by atoms with E-state index in [0.717, 1.165) is 32.7 Å². The molecule has 1 fully saturated rings. The average molecular weight is 369 g/mol. The van der Waals surface area contributed by atoms with E-state index >= 15 is 0 Å². The van der Waals surface area contributed by atoms with Crippen molar-refractivity contribution in [3.8, 4) is 0 Å². The SMILES string of the molecule is CNC(=O)c1cc(NC(=O)NC[C@@H]2CCN(CCOC)C2)ccc1Cl. The first-order valence-electron chi connectivity index (χ1n) is 8.31. The van der Waals surface area contributed by atoms with Crippen molar-refractivity contribution in [2.45, 2.75) is 6.42 Å². The van der Waals surface area contributed by atoms with Gasteiger partial charge in [-0.3, -0.25) is 4.79 Å². The number of hydrogen-bond acceptors (Lipinski definition) is 4. The van der Waals surface area contributed by atoms with E-state index in [9.17, 15) is 9.59 Å². The number of likely N-dealkylation sites (tertiary alicyclic amines) is 1. The zero-order valence-corrected chi connectivity index (χ0v) is 15.4. The Hall–Kier alpha value is -1.83. The molecule has 0 unspecified atom stereocenters. The van der Waals surface area contributed by atoms with Gasteiger partial charge in [-0.1, -0.05) is 11.6 Å². The van der Waals surface area contributed by atoms with Crippen LogP contribution in [0, 0.1) is 5.92 Å². The third-order valence-electron chi connectivity index (χ3n) is 4.23. The zero-order valence-electron chi connectivity index (χ0n) is 14.6. The van der Waals surface area contributed by atoms with Gasteiger partial charge in [0.2, 0.25) is 0 Å². The third-order valence-corrected chi connectivity index (χ3v) is 4.56. The Balaban J connectivity index is 1.80. The van der Waals surface area contributed by atoms with Gasteiger partial charge in [-0.2, -0.15) is 0 Å². The number of ether oxygens (including phenoxy) is 1. The largest absolute Gasteiger partial charge is 0.383 e. The third kappa shape index (κ3) is 5.88. The van der Waals surface area contributed by atoms with Gasteiger partial charge >= 0.3 is 6.03 Å². The van der Waals surface area contributed by atoms with Gasteiger partial charge < -0.3 is 25.6 Å². The van der Waals surface area contributed by atoms with E-state index in [0.29, 0.717) is 28.7 Å². The van der Waals surface area contributed by atoms with Gasteiger partial charge in [-0.25, -0.2) is 4.79 Å². The van der Waals surface area contributed by atoms with Crippen LogP contribution in [0.25, 0.3) is 0 Å². The topological polar surface area (TPSA) is 82.7 Å². The smallest absolute Gasteiger partial charge is 0.319 e. The fourth-order valence-electron chi connectivity index (χ4n) is 2.83. The Morgan fingerprint density at radius 2 is 2.20 bits per heavy atom. The molecule has 0 bridgehead atoms. The van der Waals surface area contributed by atoms with Gasteiger partial charge in [0.1, 0.15) is 0 Å². The molecule has 25 heavy (non-hydrogen) atoms. The molecule has 3 amide bonds. The second kappa shape index (κ2) is 9.60. The lowest BCUT2D eigenvalue weighted by Crippen LogP contribution is -2.34. The Bertz CT molecular complexity index is 612. The van der Waals surface area contributed by atoms with Crippen molar-refractivity contribution in [3.63, 3.8) is 0 Å². The number of amides is 3. The molecule has 1 atom stereocenters. The fraction of sp³-hybridized carbons (Fsp3) is 0.529. The van der Waals surface area contributed by atoms with Gasteiger partial charge in [-0.15, -0.1) is 0 Å². The first-order valence-corrected chi connectivity index (χ1v) is 8.69. The summed E-state index contributed by atoms with van der Waals surface area (Å²) in [6, 6.07) is 4.52. The summed E-state index contributed by atoms with van der Waals surface area (Å²) in [5.41, 5.74) is 0.847. The molecule has 1 heterocycles. The normalized spacial score (nSPS) is 17.3. The molecule has 2 rings (SSSR count). The van der Waals surface area contributed by atoms with Crippen molar-refractivity contribution < 1.29 is 14.3 Å². The van der Waals surface area contributed by atoms with Crippen LogP contribution in [0.3, 0.4) is 0 Å². The molecule has 1 aliphatic rings. The summed E-state index contributed by atoms with van der Waals surface area (Å²) in [5.74, 6) is 0.144. The van der Waals surface area contributed by atoms with Crippen molar-refractivity contribution in [2.24, 2.45) is 5.92 Å². The highest BCUT2D eigenvalue weighted by Crippen LogP contribution is 2.20. The number of anilines is 1. The molecule has 1 aromatic rings. The number of nitrogens with one attached hydrogen (secondary N) is 3. The van der Waals surface area contributed by atoms with Crippen molar-refractivity contribution in [1.29, 1.82) is 0 Å². The predicted octanol–water partition coefficient (Wildman–Crippen LogP) is 1.79. The molecule has 138 valence electrons. The second-order valence-electron chi connectivity index (χ2n) is 6.06.